The standard InChI is InChI=1S/C20H29N3OS2/c1-4-16-12-17-19(21-14(3)22-20(17)26-16)25-13(2)18(24)23-15-10-8-6-5-7-9-11-15/h12-13,15H,4-11H2,1-3H3,(H,23,24). The van der Waals surface area contributed by atoms with Crippen LogP contribution in [0.2, 0.25) is 0 Å². The summed E-state index contributed by atoms with van der Waals surface area (Å²) in [6, 6.07) is 2.52. The number of rotatable bonds is 5. The number of aromatic nitrogens is 2. The Bertz CT molecular complexity index is 751. The summed E-state index contributed by atoms with van der Waals surface area (Å²) in [6.45, 7) is 6.07. The first-order valence-corrected chi connectivity index (χ1v) is 11.5. The normalized spacial score (nSPS) is 17.7. The first-order valence-electron chi connectivity index (χ1n) is 9.81. The first-order chi connectivity index (χ1) is 12.6. The summed E-state index contributed by atoms with van der Waals surface area (Å²) in [7, 11) is 0. The van der Waals surface area contributed by atoms with E-state index in [1.165, 1.54) is 37.0 Å². The highest BCUT2D eigenvalue weighted by molar-refractivity contribution is 8.00. The van der Waals surface area contributed by atoms with Gasteiger partial charge in [0.25, 0.3) is 0 Å². The summed E-state index contributed by atoms with van der Waals surface area (Å²) in [5, 5.41) is 5.16. The lowest BCUT2D eigenvalue weighted by Crippen LogP contribution is -2.39. The van der Waals surface area contributed by atoms with Crippen molar-refractivity contribution in [1.82, 2.24) is 15.3 Å². The quantitative estimate of drug-likeness (QED) is 0.557. The van der Waals surface area contributed by atoms with Gasteiger partial charge in [0, 0.05) is 16.3 Å². The van der Waals surface area contributed by atoms with E-state index in [1.807, 2.05) is 13.8 Å². The Balaban J connectivity index is 1.68. The van der Waals surface area contributed by atoms with Crippen LogP contribution in [0.1, 0.15) is 69.5 Å². The van der Waals surface area contributed by atoms with Crippen LogP contribution in [-0.4, -0.2) is 27.2 Å². The summed E-state index contributed by atoms with van der Waals surface area (Å²) < 4.78 is 0. The minimum absolute atomic E-state index is 0.135. The number of carbonyl (C=O) groups excluding carboxylic acids is 1. The van der Waals surface area contributed by atoms with E-state index in [0.29, 0.717) is 6.04 Å². The molecule has 2 aromatic rings. The van der Waals surface area contributed by atoms with Gasteiger partial charge in [0.1, 0.15) is 15.7 Å². The molecule has 0 saturated heterocycles. The number of hydrogen-bond donors (Lipinski definition) is 1. The highest BCUT2D eigenvalue weighted by atomic mass is 32.2. The lowest BCUT2D eigenvalue weighted by atomic mass is 9.97. The largest absolute Gasteiger partial charge is 0.352 e. The van der Waals surface area contributed by atoms with Gasteiger partial charge in [-0.05, 0) is 39.2 Å². The molecule has 1 unspecified atom stereocenters. The Kier molecular flexibility index (Phi) is 6.92. The number of aryl methyl sites for hydroxylation is 2. The highest BCUT2D eigenvalue weighted by Gasteiger charge is 2.21. The Labute approximate surface area is 164 Å². The molecule has 4 nitrogen and oxygen atoms in total. The van der Waals surface area contributed by atoms with Crippen molar-refractivity contribution in [2.24, 2.45) is 0 Å². The van der Waals surface area contributed by atoms with E-state index >= 15 is 0 Å². The van der Waals surface area contributed by atoms with Crippen LogP contribution in [0, 0.1) is 6.92 Å². The molecule has 0 radical (unpaired) electrons. The summed E-state index contributed by atoms with van der Waals surface area (Å²) in [6.07, 6.45) is 9.63. The monoisotopic (exact) mass is 391 g/mol. The van der Waals surface area contributed by atoms with Crippen molar-refractivity contribution in [2.45, 2.75) is 88.5 Å². The van der Waals surface area contributed by atoms with E-state index in [-0.39, 0.29) is 11.2 Å². The number of hydrogen-bond acceptors (Lipinski definition) is 5. The predicted molar refractivity (Wildman–Crippen MR) is 111 cm³/mol. The zero-order chi connectivity index (χ0) is 18.5. The smallest absolute Gasteiger partial charge is 0.233 e. The number of thioether (sulfide) groups is 1. The molecule has 6 heteroatoms. The molecular weight excluding hydrogens is 362 g/mol. The molecule has 3 rings (SSSR count). The summed E-state index contributed by atoms with van der Waals surface area (Å²) in [4.78, 5) is 24.3. The van der Waals surface area contributed by atoms with E-state index < -0.39 is 0 Å². The van der Waals surface area contributed by atoms with Gasteiger partial charge in [0.05, 0.1) is 5.25 Å². The van der Waals surface area contributed by atoms with Gasteiger partial charge in [-0.25, -0.2) is 9.97 Å². The summed E-state index contributed by atoms with van der Waals surface area (Å²) in [5.74, 6) is 0.910. The van der Waals surface area contributed by atoms with Crippen molar-refractivity contribution in [2.75, 3.05) is 0 Å². The second-order valence-electron chi connectivity index (χ2n) is 7.17. The molecule has 0 bridgehead atoms. The number of fused-ring (bicyclic) bond motifs is 1. The van der Waals surface area contributed by atoms with Gasteiger partial charge in [0.2, 0.25) is 5.91 Å². The zero-order valence-corrected chi connectivity index (χ0v) is 17.6. The van der Waals surface area contributed by atoms with Gasteiger partial charge in [-0.1, -0.05) is 50.8 Å². The van der Waals surface area contributed by atoms with Crippen LogP contribution in [0.25, 0.3) is 10.2 Å². The van der Waals surface area contributed by atoms with E-state index in [0.717, 1.165) is 40.3 Å². The molecule has 2 heterocycles. The van der Waals surface area contributed by atoms with Gasteiger partial charge in [0.15, 0.2) is 0 Å². The minimum Gasteiger partial charge on any atom is -0.352 e. The van der Waals surface area contributed by atoms with Gasteiger partial charge in [-0.2, -0.15) is 0 Å². The Hall–Kier alpha value is -1.14. The van der Waals surface area contributed by atoms with Crippen molar-refractivity contribution < 1.29 is 4.79 Å². The second kappa shape index (κ2) is 9.18. The molecule has 0 aromatic carbocycles. The fourth-order valence-electron chi connectivity index (χ4n) is 3.45. The third-order valence-electron chi connectivity index (χ3n) is 4.98. The molecule has 142 valence electrons. The molecule has 0 aliphatic heterocycles. The summed E-state index contributed by atoms with van der Waals surface area (Å²) >= 11 is 3.29. The molecule has 1 atom stereocenters. The van der Waals surface area contributed by atoms with Crippen molar-refractivity contribution in [1.29, 1.82) is 0 Å². The zero-order valence-electron chi connectivity index (χ0n) is 16.0. The Morgan fingerprint density at radius 2 is 1.96 bits per heavy atom. The molecule has 2 aromatic heterocycles. The maximum absolute atomic E-state index is 12.7. The molecule has 1 saturated carbocycles. The topological polar surface area (TPSA) is 54.9 Å². The number of thiophene rings is 1. The predicted octanol–water partition coefficient (Wildman–Crippen LogP) is 5.27. The molecule has 1 aliphatic rings. The van der Waals surface area contributed by atoms with E-state index in [4.69, 9.17) is 0 Å². The van der Waals surface area contributed by atoms with E-state index in [9.17, 15) is 4.79 Å². The van der Waals surface area contributed by atoms with Crippen molar-refractivity contribution in [3.05, 3.63) is 16.8 Å². The molecule has 1 N–H and O–H groups in total. The second-order valence-corrected chi connectivity index (χ2v) is 9.62. The maximum atomic E-state index is 12.7. The molecule has 1 aliphatic carbocycles. The van der Waals surface area contributed by atoms with Gasteiger partial charge < -0.3 is 5.32 Å². The Morgan fingerprint density at radius 1 is 1.27 bits per heavy atom. The minimum atomic E-state index is -0.150. The molecule has 1 fully saturated rings. The van der Waals surface area contributed by atoms with Crippen molar-refractivity contribution >= 4 is 39.2 Å². The first kappa shape index (κ1) is 19.6. The Morgan fingerprint density at radius 3 is 2.65 bits per heavy atom. The van der Waals surface area contributed by atoms with Crippen molar-refractivity contribution in [3.8, 4) is 0 Å². The lowest BCUT2D eigenvalue weighted by molar-refractivity contribution is -0.121. The highest BCUT2D eigenvalue weighted by Crippen LogP contribution is 2.33. The molecule has 26 heavy (non-hydrogen) atoms. The van der Waals surface area contributed by atoms with Crippen LogP contribution in [0.3, 0.4) is 0 Å². The average Bonchev–Trinajstić information content (AvgIpc) is 3.00. The number of nitrogens with zero attached hydrogens (tertiary/aromatic N) is 2. The van der Waals surface area contributed by atoms with Crippen LogP contribution in [0.15, 0.2) is 11.1 Å². The molecule has 1 amide bonds. The fourth-order valence-corrected chi connectivity index (χ4v) is 5.51. The van der Waals surface area contributed by atoms with Gasteiger partial charge in [-0.3, -0.25) is 4.79 Å². The SMILES string of the molecule is CCc1cc2c(SC(C)C(=O)NC3CCCCCCC3)nc(C)nc2s1. The van der Waals surface area contributed by atoms with Crippen LogP contribution in [0.4, 0.5) is 0 Å². The third-order valence-corrected chi connectivity index (χ3v) is 7.25. The lowest BCUT2D eigenvalue weighted by Gasteiger charge is -2.22. The molecular formula is C20H29N3OS2. The van der Waals surface area contributed by atoms with Crippen LogP contribution in [-0.2, 0) is 11.2 Å². The third kappa shape index (κ3) is 4.97. The molecule has 0 spiro atoms. The van der Waals surface area contributed by atoms with Crippen LogP contribution >= 0.6 is 23.1 Å². The maximum Gasteiger partial charge on any atom is 0.233 e. The number of nitrogens with one attached hydrogen (secondary N) is 1. The van der Waals surface area contributed by atoms with Crippen LogP contribution in [0.5, 0.6) is 0 Å². The number of carbonyl (C=O) groups is 1. The van der Waals surface area contributed by atoms with E-state index in [1.54, 1.807) is 23.1 Å². The fraction of sp³-hybridized carbons (Fsp3) is 0.650. The van der Waals surface area contributed by atoms with Gasteiger partial charge >= 0.3 is 0 Å². The average molecular weight is 392 g/mol. The number of amides is 1. The van der Waals surface area contributed by atoms with Gasteiger partial charge in [-0.15, -0.1) is 11.3 Å². The summed E-state index contributed by atoms with van der Waals surface area (Å²) in [5.41, 5.74) is 0. The van der Waals surface area contributed by atoms with Crippen molar-refractivity contribution in [3.63, 3.8) is 0 Å². The van der Waals surface area contributed by atoms with E-state index in [2.05, 4.69) is 28.3 Å². The van der Waals surface area contributed by atoms with Crippen LogP contribution < -0.4 is 5.32 Å².